The number of carbonyl (C=O) groups is 2. The largest absolute Gasteiger partial charge is 0.484 e. The second-order valence-electron chi connectivity index (χ2n) is 6.02. The molecule has 0 saturated carbocycles. The van der Waals surface area contributed by atoms with Gasteiger partial charge in [-0.15, -0.1) is 0 Å². The zero-order valence-electron chi connectivity index (χ0n) is 13.4. The Balaban J connectivity index is 2.48. The Kier molecular flexibility index (Phi) is 6.62. The van der Waals surface area contributed by atoms with E-state index in [-0.39, 0.29) is 31.0 Å². The molecule has 0 atom stereocenters. The van der Waals surface area contributed by atoms with Crippen LogP contribution in [0.5, 0.6) is 5.75 Å². The van der Waals surface area contributed by atoms with Crippen molar-refractivity contribution in [3.63, 3.8) is 0 Å². The molecule has 0 spiro atoms. The molecule has 0 unspecified atom stereocenters. The van der Waals surface area contributed by atoms with E-state index in [0.29, 0.717) is 5.56 Å². The molecular formula is C16H20F3NO4. The van der Waals surface area contributed by atoms with Gasteiger partial charge in [0.15, 0.2) is 6.61 Å². The molecule has 5 nitrogen and oxygen atoms in total. The molecule has 1 rings (SSSR count). The summed E-state index contributed by atoms with van der Waals surface area (Å²) in [6.07, 6.45) is -4.19. The average Bonchev–Trinajstić information content (AvgIpc) is 2.44. The molecule has 0 radical (unpaired) electrons. The maximum absolute atomic E-state index is 12.1. The fourth-order valence-corrected chi connectivity index (χ4v) is 1.78. The van der Waals surface area contributed by atoms with Crippen LogP contribution in [0.3, 0.4) is 0 Å². The van der Waals surface area contributed by atoms with Crippen molar-refractivity contribution >= 4 is 11.9 Å². The lowest BCUT2D eigenvalue weighted by Gasteiger charge is -2.18. The van der Waals surface area contributed by atoms with Crippen molar-refractivity contribution in [1.82, 2.24) is 5.32 Å². The molecular weight excluding hydrogens is 327 g/mol. The standard InChI is InChI=1S/C16H20F3NO4/c1-15(2,14(22)23)6-7-20-13(21)9-11-4-3-5-12(8-11)24-10-16(17,18)19/h3-5,8H,6-7,9-10H2,1-2H3,(H,20,21)(H,22,23). The lowest BCUT2D eigenvalue weighted by molar-refractivity contribution is -0.153. The Hall–Kier alpha value is -2.25. The van der Waals surface area contributed by atoms with E-state index in [1.807, 2.05) is 0 Å². The lowest BCUT2D eigenvalue weighted by atomic mass is 9.90. The van der Waals surface area contributed by atoms with Crippen molar-refractivity contribution < 1.29 is 32.6 Å². The Labute approximate surface area is 137 Å². The van der Waals surface area contributed by atoms with Gasteiger partial charge < -0.3 is 15.2 Å². The minimum absolute atomic E-state index is 0.0310. The summed E-state index contributed by atoms with van der Waals surface area (Å²) in [6, 6.07) is 5.85. The molecule has 0 heterocycles. The van der Waals surface area contributed by atoms with Crippen LogP contribution in [-0.4, -0.2) is 36.3 Å². The number of hydrogen-bond donors (Lipinski definition) is 2. The smallest absolute Gasteiger partial charge is 0.422 e. The van der Waals surface area contributed by atoms with Crippen molar-refractivity contribution in [2.24, 2.45) is 5.41 Å². The predicted octanol–water partition coefficient (Wildman–Crippen LogP) is 2.79. The van der Waals surface area contributed by atoms with Gasteiger partial charge >= 0.3 is 12.1 Å². The SMILES string of the molecule is CC(C)(CCNC(=O)Cc1cccc(OCC(F)(F)F)c1)C(=O)O. The summed E-state index contributed by atoms with van der Waals surface area (Å²) in [5, 5.41) is 11.6. The van der Waals surface area contributed by atoms with Crippen LogP contribution in [0.2, 0.25) is 0 Å². The number of carboxylic acid groups (broad SMARTS) is 1. The number of halogens is 3. The fraction of sp³-hybridized carbons (Fsp3) is 0.500. The van der Waals surface area contributed by atoms with Crippen LogP contribution in [0.4, 0.5) is 13.2 Å². The van der Waals surface area contributed by atoms with Crippen LogP contribution >= 0.6 is 0 Å². The first-order valence-electron chi connectivity index (χ1n) is 7.28. The second-order valence-corrected chi connectivity index (χ2v) is 6.02. The number of rotatable bonds is 8. The van der Waals surface area contributed by atoms with E-state index in [1.54, 1.807) is 19.9 Å². The number of aliphatic carboxylic acids is 1. The number of alkyl halides is 3. The fourth-order valence-electron chi connectivity index (χ4n) is 1.78. The molecule has 1 aromatic rings. The van der Waals surface area contributed by atoms with Crippen LogP contribution in [0.15, 0.2) is 24.3 Å². The van der Waals surface area contributed by atoms with E-state index in [0.717, 1.165) is 0 Å². The van der Waals surface area contributed by atoms with Crippen LogP contribution in [0, 0.1) is 5.41 Å². The molecule has 24 heavy (non-hydrogen) atoms. The summed E-state index contributed by atoms with van der Waals surface area (Å²) in [5.41, 5.74) is -0.441. The molecule has 0 bridgehead atoms. The number of nitrogens with one attached hydrogen (secondary N) is 1. The normalized spacial score (nSPS) is 11.9. The quantitative estimate of drug-likeness (QED) is 0.758. The molecule has 0 aliphatic rings. The van der Waals surface area contributed by atoms with Crippen molar-refractivity contribution in [3.8, 4) is 5.75 Å². The maximum atomic E-state index is 12.1. The highest BCUT2D eigenvalue weighted by atomic mass is 19.4. The number of benzene rings is 1. The van der Waals surface area contributed by atoms with Crippen molar-refractivity contribution in [3.05, 3.63) is 29.8 Å². The van der Waals surface area contributed by atoms with Crippen LogP contribution < -0.4 is 10.1 Å². The molecule has 1 amide bonds. The van der Waals surface area contributed by atoms with Crippen LogP contribution in [0.1, 0.15) is 25.8 Å². The Morgan fingerprint density at radius 2 is 1.92 bits per heavy atom. The molecule has 0 fully saturated rings. The van der Waals surface area contributed by atoms with E-state index in [1.165, 1.54) is 18.2 Å². The predicted molar refractivity (Wildman–Crippen MR) is 80.7 cm³/mol. The minimum atomic E-state index is -4.43. The molecule has 0 aliphatic heterocycles. The third-order valence-corrected chi connectivity index (χ3v) is 3.32. The minimum Gasteiger partial charge on any atom is -0.484 e. The van der Waals surface area contributed by atoms with E-state index in [2.05, 4.69) is 10.1 Å². The van der Waals surface area contributed by atoms with E-state index < -0.39 is 24.2 Å². The van der Waals surface area contributed by atoms with Gasteiger partial charge in [0.25, 0.3) is 0 Å². The number of carbonyl (C=O) groups excluding carboxylic acids is 1. The van der Waals surface area contributed by atoms with Crippen molar-refractivity contribution in [1.29, 1.82) is 0 Å². The van der Waals surface area contributed by atoms with Gasteiger partial charge in [-0.25, -0.2) is 0 Å². The van der Waals surface area contributed by atoms with Gasteiger partial charge in [-0.3, -0.25) is 9.59 Å². The van der Waals surface area contributed by atoms with Crippen LogP contribution in [0.25, 0.3) is 0 Å². The molecule has 2 N–H and O–H groups in total. The Morgan fingerprint density at radius 1 is 1.25 bits per heavy atom. The lowest BCUT2D eigenvalue weighted by Crippen LogP contribution is -2.32. The zero-order valence-corrected chi connectivity index (χ0v) is 13.4. The van der Waals surface area contributed by atoms with Crippen molar-refractivity contribution in [2.45, 2.75) is 32.9 Å². The molecule has 0 saturated heterocycles. The molecule has 8 heteroatoms. The van der Waals surface area contributed by atoms with Gasteiger partial charge in [-0.05, 0) is 38.0 Å². The molecule has 1 aromatic carbocycles. The van der Waals surface area contributed by atoms with Crippen molar-refractivity contribution in [2.75, 3.05) is 13.2 Å². The highest BCUT2D eigenvalue weighted by molar-refractivity contribution is 5.79. The first-order valence-corrected chi connectivity index (χ1v) is 7.28. The monoisotopic (exact) mass is 347 g/mol. The first kappa shape index (κ1) is 19.8. The third-order valence-electron chi connectivity index (χ3n) is 3.32. The first-order chi connectivity index (χ1) is 11.0. The maximum Gasteiger partial charge on any atom is 0.422 e. The van der Waals surface area contributed by atoms with Gasteiger partial charge in [-0.2, -0.15) is 13.2 Å². The number of carboxylic acids is 1. The highest BCUT2D eigenvalue weighted by Gasteiger charge is 2.28. The Bertz CT molecular complexity index is 585. The summed E-state index contributed by atoms with van der Waals surface area (Å²) in [7, 11) is 0. The highest BCUT2D eigenvalue weighted by Crippen LogP contribution is 2.20. The zero-order chi connectivity index (χ0) is 18.4. The van der Waals surface area contributed by atoms with Gasteiger partial charge in [0.05, 0.1) is 11.8 Å². The summed E-state index contributed by atoms with van der Waals surface area (Å²) in [5.74, 6) is -1.26. The number of ether oxygens (including phenoxy) is 1. The molecule has 0 aromatic heterocycles. The van der Waals surface area contributed by atoms with E-state index in [4.69, 9.17) is 5.11 Å². The molecule has 134 valence electrons. The van der Waals surface area contributed by atoms with E-state index in [9.17, 15) is 22.8 Å². The van der Waals surface area contributed by atoms with Gasteiger partial charge in [0, 0.05) is 6.54 Å². The Morgan fingerprint density at radius 3 is 2.50 bits per heavy atom. The second kappa shape index (κ2) is 8.03. The summed E-state index contributed by atoms with van der Waals surface area (Å²) in [4.78, 5) is 22.8. The summed E-state index contributed by atoms with van der Waals surface area (Å²) < 4.78 is 41.0. The average molecular weight is 347 g/mol. The topological polar surface area (TPSA) is 75.6 Å². The van der Waals surface area contributed by atoms with Gasteiger partial charge in [0.2, 0.25) is 5.91 Å². The van der Waals surface area contributed by atoms with Gasteiger partial charge in [0.1, 0.15) is 5.75 Å². The number of amides is 1. The van der Waals surface area contributed by atoms with E-state index >= 15 is 0 Å². The van der Waals surface area contributed by atoms with Gasteiger partial charge in [-0.1, -0.05) is 12.1 Å². The summed E-state index contributed by atoms with van der Waals surface area (Å²) >= 11 is 0. The van der Waals surface area contributed by atoms with Crippen LogP contribution in [-0.2, 0) is 16.0 Å². The third kappa shape index (κ3) is 7.34. The summed E-state index contributed by atoms with van der Waals surface area (Å²) in [6.45, 7) is 1.92. The molecule has 0 aliphatic carbocycles. The number of hydrogen-bond acceptors (Lipinski definition) is 3.